The molecule has 7 heteroatoms. The van der Waals surface area contributed by atoms with Crippen LogP contribution in [0.4, 0.5) is 5.82 Å². The molecule has 1 aromatic rings. The fraction of sp³-hybridized carbons (Fsp3) is 0.462. The minimum absolute atomic E-state index is 0.0571. The van der Waals surface area contributed by atoms with Crippen LogP contribution in [-0.4, -0.2) is 38.4 Å². The van der Waals surface area contributed by atoms with Crippen molar-refractivity contribution in [3.05, 3.63) is 23.4 Å². The summed E-state index contributed by atoms with van der Waals surface area (Å²) >= 11 is 7.43. The first-order chi connectivity index (χ1) is 9.49. The van der Waals surface area contributed by atoms with Crippen molar-refractivity contribution in [2.24, 2.45) is 0 Å². The van der Waals surface area contributed by atoms with Gasteiger partial charge in [0.2, 0.25) is 11.8 Å². The highest BCUT2D eigenvalue weighted by atomic mass is 35.5. The number of hydrogen-bond acceptors (Lipinski definition) is 4. The Morgan fingerprint density at radius 3 is 3.10 bits per heavy atom. The molecule has 0 unspecified atom stereocenters. The minimum Gasteiger partial charge on any atom is -0.315 e. The number of rotatable bonds is 2. The maximum absolute atomic E-state index is 12.3. The molecule has 3 heterocycles. The van der Waals surface area contributed by atoms with E-state index in [1.165, 1.54) is 6.20 Å². The van der Waals surface area contributed by atoms with Crippen LogP contribution in [0, 0.1) is 0 Å². The van der Waals surface area contributed by atoms with E-state index >= 15 is 0 Å². The zero-order chi connectivity index (χ0) is 14.3. The molecule has 0 saturated carbocycles. The average molecular weight is 312 g/mol. The Kier molecular flexibility index (Phi) is 3.38. The Hall–Kier alpha value is -1.27. The van der Waals surface area contributed by atoms with Gasteiger partial charge in [0.15, 0.2) is 0 Å². The third-order valence-electron chi connectivity index (χ3n) is 3.73. The summed E-state index contributed by atoms with van der Waals surface area (Å²) in [5.41, 5.74) is 0. The van der Waals surface area contributed by atoms with Crippen molar-refractivity contribution in [1.82, 2.24) is 9.88 Å². The van der Waals surface area contributed by atoms with E-state index in [9.17, 15) is 9.59 Å². The molecule has 2 amide bonds. The lowest BCUT2D eigenvalue weighted by atomic mass is 10.2. The van der Waals surface area contributed by atoms with Gasteiger partial charge in [0, 0.05) is 18.4 Å². The Balaban J connectivity index is 1.75. The third-order valence-corrected chi connectivity index (χ3v) is 5.45. The van der Waals surface area contributed by atoms with Crippen LogP contribution in [0.25, 0.3) is 0 Å². The predicted octanol–water partition coefficient (Wildman–Crippen LogP) is 2.13. The van der Waals surface area contributed by atoms with Crippen molar-refractivity contribution in [3.8, 4) is 0 Å². The number of carbonyl (C=O) groups excluding carboxylic acids is 2. The number of fused-ring (bicyclic) bond motifs is 1. The fourth-order valence-corrected chi connectivity index (χ4v) is 4.22. The van der Waals surface area contributed by atoms with E-state index in [0.717, 1.165) is 6.42 Å². The van der Waals surface area contributed by atoms with Crippen LogP contribution >= 0.6 is 23.4 Å². The van der Waals surface area contributed by atoms with Crippen molar-refractivity contribution in [3.63, 3.8) is 0 Å². The molecule has 2 saturated heterocycles. The predicted molar refractivity (Wildman–Crippen MR) is 78.6 cm³/mol. The number of hydrogen-bond donors (Lipinski definition) is 1. The maximum Gasteiger partial charge on any atom is 0.249 e. The van der Waals surface area contributed by atoms with E-state index in [1.54, 1.807) is 28.8 Å². The summed E-state index contributed by atoms with van der Waals surface area (Å²) in [6, 6.07) is 2.89. The Bertz CT molecular complexity index is 565. The number of nitrogens with one attached hydrogen (secondary N) is 1. The van der Waals surface area contributed by atoms with Gasteiger partial charge in [-0.1, -0.05) is 11.6 Å². The number of anilines is 1. The van der Waals surface area contributed by atoms with Gasteiger partial charge in [0.25, 0.3) is 0 Å². The molecule has 1 N–H and O–H groups in total. The van der Waals surface area contributed by atoms with E-state index in [-0.39, 0.29) is 16.7 Å². The van der Waals surface area contributed by atoms with Gasteiger partial charge in [-0.05, 0) is 25.5 Å². The highest BCUT2D eigenvalue weighted by Gasteiger charge is 2.52. The van der Waals surface area contributed by atoms with E-state index in [1.807, 2.05) is 6.92 Å². The number of carbonyl (C=O) groups is 2. The standard InChI is InChI=1S/C13H14ClN3O2S/c1-13-5-4-11(18)17(13)9(7-20-13)12(19)16-10-3-2-8(14)6-15-10/h2-3,6,9H,4-5,7H2,1H3,(H,15,16,19)/t9-,13-/m1/s1. The summed E-state index contributed by atoms with van der Waals surface area (Å²) < 4.78 is 0. The molecule has 0 radical (unpaired) electrons. The van der Waals surface area contributed by atoms with Crippen molar-refractivity contribution in [2.75, 3.05) is 11.1 Å². The van der Waals surface area contributed by atoms with Crippen LogP contribution in [-0.2, 0) is 9.59 Å². The normalized spacial score (nSPS) is 28.6. The van der Waals surface area contributed by atoms with Gasteiger partial charge < -0.3 is 10.2 Å². The summed E-state index contributed by atoms with van der Waals surface area (Å²) in [6.07, 6.45) is 2.80. The summed E-state index contributed by atoms with van der Waals surface area (Å²) in [5, 5.41) is 3.26. The molecular weight excluding hydrogens is 298 g/mol. The highest BCUT2D eigenvalue weighted by Crippen LogP contribution is 2.47. The molecule has 0 bridgehead atoms. The van der Waals surface area contributed by atoms with Crippen LogP contribution in [0.15, 0.2) is 18.3 Å². The molecule has 2 aliphatic rings. The van der Waals surface area contributed by atoms with Crippen molar-refractivity contribution < 1.29 is 9.59 Å². The van der Waals surface area contributed by atoms with E-state index in [4.69, 9.17) is 11.6 Å². The van der Waals surface area contributed by atoms with Crippen LogP contribution in [0.1, 0.15) is 19.8 Å². The lowest BCUT2D eigenvalue weighted by Crippen LogP contribution is -2.48. The maximum atomic E-state index is 12.3. The molecule has 106 valence electrons. The third kappa shape index (κ3) is 2.27. The van der Waals surface area contributed by atoms with Crippen LogP contribution < -0.4 is 5.32 Å². The topological polar surface area (TPSA) is 62.3 Å². The molecule has 3 rings (SSSR count). The zero-order valence-electron chi connectivity index (χ0n) is 10.9. The van der Waals surface area contributed by atoms with E-state index < -0.39 is 6.04 Å². The molecule has 2 fully saturated rings. The van der Waals surface area contributed by atoms with Gasteiger partial charge in [0.05, 0.1) is 9.89 Å². The second-order valence-electron chi connectivity index (χ2n) is 5.12. The molecule has 5 nitrogen and oxygen atoms in total. The monoisotopic (exact) mass is 311 g/mol. The number of nitrogens with zero attached hydrogens (tertiary/aromatic N) is 2. The van der Waals surface area contributed by atoms with Gasteiger partial charge in [-0.15, -0.1) is 11.8 Å². The van der Waals surface area contributed by atoms with Gasteiger partial charge in [0.1, 0.15) is 11.9 Å². The van der Waals surface area contributed by atoms with E-state index in [0.29, 0.717) is 23.0 Å². The van der Waals surface area contributed by atoms with Crippen molar-refractivity contribution in [2.45, 2.75) is 30.7 Å². The lowest BCUT2D eigenvalue weighted by molar-refractivity contribution is -0.135. The van der Waals surface area contributed by atoms with E-state index in [2.05, 4.69) is 10.3 Å². The Labute approximate surface area is 126 Å². The molecule has 20 heavy (non-hydrogen) atoms. The molecular formula is C13H14ClN3O2S. The number of thioether (sulfide) groups is 1. The molecule has 2 atom stereocenters. The van der Waals surface area contributed by atoms with Gasteiger partial charge >= 0.3 is 0 Å². The number of halogens is 1. The fourth-order valence-electron chi connectivity index (χ4n) is 2.67. The van der Waals surface area contributed by atoms with Gasteiger partial charge in [-0.2, -0.15) is 0 Å². The quantitative estimate of drug-likeness (QED) is 0.909. The van der Waals surface area contributed by atoms with Gasteiger partial charge in [-0.25, -0.2) is 4.98 Å². The minimum atomic E-state index is -0.419. The molecule has 1 aromatic heterocycles. The first kappa shape index (κ1) is 13.7. The largest absolute Gasteiger partial charge is 0.315 e. The molecule has 2 aliphatic heterocycles. The summed E-state index contributed by atoms with van der Waals surface area (Å²) in [5.74, 6) is 0.944. The second-order valence-corrected chi connectivity index (χ2v) is 7.05. The zero-order valence-corrected chi connectivity index (χ0v) is 12.5. The summed E-state index contributed by atoms with van der Waals surface area (Å²) in [4.78, 5) is 29.8. The number of pyridine rings is 1. The lowest BCUT2D eigenvalue weighted by Gasteiger charge is -2.29. The average Bonchev–Trinajstić information content (AvgIpc) is 2.90. The van der Waals surface area contributed by atoms with Crippen molar-refractivity contribution in [1.29, 1.82) is 0 Å². The first-order valence-electron chi connectivity index (χ1n) is 6.38. The summed E-state index contributed by atoms with van der Waals surface area (Å²) in [6.45, 7) is 2.02. The van der Waals surface area contributed by atoms with Crippen LogP contribution in [0.3, 0.4) is 0 Å². The number of aromatic nitrogens is 1. The van der Waals surface area contributed by atoms with Crippen LogP contribution in [0.2, 0.25) is 5.02 Å². The number of amides is 2. The second kappa shape index (κ2) is 4.93. The molecule has 0 spiro atoms. The van der Waals surface area contributed by atoms with Gasteiger partial charge in [-0.3, -0.25) is 9.59 Å². The Morgan fingerprint density at radius 1 is 1.60 bits per heavy atom. The summed E-state index contributed by atoms with van der Waals surface area (Å²) in [7, 11) is 0. The smallest absolute Gasteiger partial charge is 0.249 e. The van der Waals surface area contributed by atoms with Crippen LogP contribution in [0.5, 0.6) is 0 Å². The molecule has 0 aliphatic carbocycles. The highest BCUT2D eigenvalue weighted by molar-refractivity contribution is 8.01. The first-order valence-corrected chi connectivity index (χ1v) is 7.74. The molecule has 0 aromatic carbocycles. The Morgan fingerprint density at radius 2 is 2.40 bits per heavy atom. The van der Waals surface area contributed by atoms with Crippen molar-refractivity contribution >= 4 is 41.0 Å². The SMILES string of the molecule is C[C@@]12CCC(=O)N1[C@@H](C(=O)Nc1ccc(Cl)cn1)CS2.